The highest BCUT2D eigenvalue weighted by molar-refractivity contribution is 8.00. The largest absolute Gasteiger partial charge is 0.452 e. The number of pyridine rings is 1. The zero-order chi connectivity index (χ0) is 31.3. The topological polar surface area (TPSA) is 148 Å². The van der Waals surface area contributed by atoms with Crippen molar-refractivity contribution in [3.05, 3.63) is 23.9 Å². The Morgan fingerprint density at radius 2 is 1.27 bits per heavy atom. The molecule has 44 heavy (non-hydrogen) atoms. The molecule has 2 atom stereocenters. The molecule has 0 N–H and O–H groups in total. The number of rotatable bonds is 10. The van der Waals surface area contributed by atoms with E-state index in [2.05, 4.69) is 4.98 Å². The quantitative estimate of drug-likeness (QED) is 0.269. The summed E-state index contributed by atoms with van der Waals surface area (Å²) in [4.78, 5) is 48.0. The van der Waals surface area contributed by atoms with Crippen molar-refractivity contribution in [2.75, 3.05) is 35.4 Å². The maximum atomic E-state index is 13.6. The molecule has 2 saturated carbocycles. The highest BCUT2D eigenvalue weighted by atomic mass is 32.2. The number of ether oxygens (including phenoxy) is 1. The monoisotopic (exact) mass is 669 g/mol. The molecule has 11 nitrogen and oxygen atoms in total. The second-order valence-corrected chi connectivity index (χ2v) is 17.9. The maximum absolute atomic E-state index is 13.6. The predicted octanol–water partition coefficient (Wildman–Crippen LogP) is 3.03. The third kappa shape index (κ3) is 8.34. The molecule has 2 aliphatic carbocycles. The third-order valence-corrected chi connectivity index (χ3v) is 13.9. The van der Waals surface area contributed by atoms with Crippen LogP contribution in [-0.2, 0) is 34.0 Å². The number of aromatic nitrogens is 1. The molecule has 0 bridgehead atoms. The van der Waals surface area contributed by atoms with Gasteiger partial charge in [0.2, 0.25) is 5.91 Å². The van der Waals surface area contributed by atoms with Gasteiger partial charge in [-0.05, 0) is 50.7 Å². The summed E-state index contributed by atoms with van der Waals surface area (Å²) in [7, 11) is -6.38. The van der Waals surface area contributed by atoms with Crippen molar-refractivity contribution in [1.29, 1.82) is 0 Å². The highest BCUT2D eigenvalue weighted by Crippen LogP contribution is 2.31. The van der Waals surface area contributed by atoms with E-state index in [0.29, 0.717) is 17.9 Å². The van der Waals surface area contributed by atoms with Crippen LogP contribution >= 0.6 is 11.8 Å². The summed E-state index contributed by atoms with van der Waals surface area (Å²) >= 11 is 1.10. The first-order valence-electron chi connectivity index (χ1n) is 15.8. The summed E-state index contributed by atoms with van der Waals surface area (Å²) in [5.41, 5.74) is 0.137. The van der Waals surface area contributed by atoms with E-state index in [4.69, 9.17) is 4.74 Å². The fraction of sp³-hybridized carbons (Fsp3) is 0.733. The molecule has 3 heterocycles. The average molecular weight is 670 g/mol. The minimum absolute atomic E-state index is 0.00508. The van der Waals surface area contributed by atoms with Crippen LogP contribution in [0.4, 0.5) is 0 Å². The predicted molar refractivity (Wildman–Crippen MR) is 167 cm³/mol. The summed E-state index contributed by atoms with van der Waals surface area (Å²) in [5.74, 6) is -1.24. The van der Waals surface area contributed by atoms with Crippen molar-refractivity contribution in [1.82, 2.24) is 14.8 Å². The van der Waals surface area contributed by atoms with Gasteiger partial charge in [-0.3, -0.25) is 9.59 Å². The van der Waals surface area contributed by atoms with Crippen LogP contribution in [-0.4, -0.2) is 109 Å². The summed E-state index contributed by atoms with van der Waals surface area (Å²) in [6.45, 7) is -0.505. The lowest BCUT2D eigenvalue weighted by atomic mass is 9.93. The highest BCUT2D eigenvalue weighted by Gasteiger charge is 2.40. The van der Waals surface area contributed by atoms with Gasteiger partial charge in [0.1, 0.15) is 5.03 Å². The summed E-state index contributed by atoms with van der Waals surface area (Å²) < 4.78 is 54.3. The Labute approximate surface area is 264 Å². The van der Waals surface area contributed by atoms with E-state index in [-0.39, 0.29) is 58.4 Å². The second kappa shape index (κ2) is 14.5. The van der Waals surface area contributed by atoms with Gasteiger partial charge in [0.15, 0.2) is 26.3 Å². The van der Waals surface area contributed by atoms with Gasteiger partial charge >= 0.3 is 5.97 Å². The van der Waals surface area contributed by atoms with Crippen LogP contribution in [0.5, 0.6) is 0 Å². The van der Waals surface area contributed by atoms with Gasteiger partial charge in [-0.25, -0.2) is 26.6 Å². The van der Waals surface area contributed by atoms with Crippen LogP contribution in [0.1, 0.15) is 87.4 Å². The lowest BCUT2D eigenvalue weighted by molar-refractivity contribution is -0.140. The summed E-state index contributed by atoms with van der Waals surface area (Å²) in [6, 6.07) is 2.32. The number of carbonyl (C=O) groups excluding carboxylic acids is 3. The van der Waals surface area contributed by atoms with Gasteiger partial charge < -0.3 is 14.5 Å². The van der Waals surface area contributed by atoms with E-state index >= 15 is 0 Å². The number of carbonyl (C=O) groups is 3. The number of nitrogens with zero attached hydrogens (tertiary/aromatic N) is 3. The van der Waals surface area contributed by atoms with Crippen LogP contribution < -0.4 is 0 Å². The van der Waals surface area contributed by atoms with Crippen molar-refractivity contribution in [3.8, 4) is 0 Å². The minimum atomic E-state index is -3.20. The molecule has 244 valence electrons. The average Bonchev–Trinajstić information content (AvgIpc) is 3.56. The first-order valence-corrected chi connectivity index (χ1v) is 20.4. The molecule has 2 saturated heterocycles. The van der Waals surface area contributed by atoms with Gasteiger partial charge in [-0.2, -0.15) is 0 Å². The Hall–Kier alpha value is -2.19. The lowest BCUT2D eigenvalue weighted by Crippen LogP contribution is -2.50. The molecule has 4 fully saturated rings. The van der Waals surface area contributed by atoms with E-state index < -0.39 is 44.2 Å². The smallest absolute Gasteiger partial charge is 0.341 e. The molecule has 0 spiro atoms. The zero-order valence-corrected chi connectivity index (χ0v) is 27.6. The number of amides is 2. The molecule has 1 aromatic rings. The first kappa shape index (κ1) is 33.2. The van der Waals surface area contributed by atoms with Gasteiger partial charge in [0.25, 0.3) is 5.91 Å². The second-order valence-electron chi connectivity index (χ2n) is 12.5. The van der Waals surface area contributed by atoms with Crippen LogP contribution in [0.15, 0.2) is 23.4 Å². The molecule has 2 amide bonds. The van der Waals surface area contributed by atoms with Gasteiger partial charge in [-0.1, -0.05) is 50.3 Å². The lowest BCUT2D eigenvalue weighted by Gasteiger charge is -2.38. The Kier molecular flexibility index (Phi) is 10.9. The number of esters is 1. The molecule has 2 aliphatic heterocycles. The molecule has 1 aromatic heterocycles. The normalized spacial score (nSPS) is 25.4. The fourth-order valence-corrected chi connectivity index (χ4v) is 11.5. The Morgan fingerprint density at radius 3 is 1.77 bits per heavy atom. The van der Waals surface area contributed by atoms with E-state index in [0.717, 1.165) is 76.0 Å². The number of hydrogen-bond acceptors (Lipinski definition) is 10. The zero-order valence-electron chi connectivity index (χ0n) is 25.1. The van der Waals surface area contributed by atoms with Crippen molar-refractivity contribution in [2.45, 2.75) is 106 Å². The Bertz CT molecular complexity index is 1420. The maximum Gasteiger partial charge on any atom is 0.341 e. The van der Waals surface area contributed by atoms with Gasteiger partial charge in [0, 0.05) is 30.4 Å². The standard InChI is InChI=1S/C30H43N3O8S3/c34-27(32(22-8-3-1-4-9-22)24-13-16-43(37,38)20-24)18-41-30(36)26-12-7-15-31-29(26)42-19-28(35)33(23-10-5-2-6-11-23)25-14-17-44(39,40)21-25/h7,12,15,22-25H,1-6,8-11,13-14,16-21H2/t24-,25-/m1/s1. The van der Waals surface area contributed by atoms with Crippen LogP contribution in [0, 0.1) is 0 Å². The van der Waals surface area contributed by atoms with Crippen molar-refractivity contribution in [2.24, 2.45) is 0 Å². The van der Waals surface area contributed by atoms with E-state index in [1.54, 1.807) is 15.9 Å². The van der Waals surface area contributed by atoms with Crippen molar-refractivity contribution >= 4 is 49.2 Å². The molecule has 5 rings (SSSR count). The molecule has 0 aromatic carbocycles. The van der Waals surface area contributed by atoms with Crippen LogP contribution in [0.25, 0.3) is 0 Å². The Balaban J connectivity index is 1.23. The fourth-order valence-electron chi connectivity index (χ4n) is 7.26. The van der Waals surface area contributed by atoms with Gasteiger partial charge in [-0.15, -0.1) is 0 Å². The Morgan fingerprint density at radius 1 is 0.750 bits per heavy atom. The molecular weight excluding hydrogens is 627 g/mol. The summed E-state index contributed by atoms with van der Waals surface area (Å²) in [5, 5.41) is 0.298. The van der Waals surface area contributed by atoms with E-state index in [9.17, 15) is 31.2 Å². The molecule has 0 unspecified atom stereocenters. The molecule has 0 radical (unpaired) electrons. The SMILES string of the molecule is O=C(OCC(=O)N(C1CCCCC1)[C@@H]1CCS(=O)(=O)C1)c1cccnc1SCC(=O)N(C1CCCCC1)[C@@H]1CCS(=O)(=O)C1. The third-order valence-electron chi connectivity index (χ3n) is 9.37. The van der Waals surface area contributed by atoms with Crippen molar-refractivity contribution in [3.63, 3.8) is 0 Å². The van der Waals surface area contributed by atoms with Crippen LogP contribution in [0.2, 0.25) is 0 Å². The van der Waals surface area contributed by atoms with E-state index in [1.165, 1.54) is 12.3 Å². The van der Waals surface area contributed by atoms with Gasteiger partial charge in [0.05, 0.1) is 34.3 Å². The first-order chi connectivity index (χ1) is 21.0. The molecule has 4 aliphatic rings. The summed E-state index contributed by atoms with van der Waals surface area (Å²) in [6.07, 6.45) is 11.8. The number of thioether (sulfide) groups is 1. The molecular formula is C30H43N3O8S3. The van der Waals surface area contributed by atoms with E-state index in [1.807, 2.05) is 0 Å². The number of sulfone groups is 2. The number of hydrogen-bond donors (Lipinski definition) is 0. The van der Waals surface area contributed by atoms with Crippen molar-refractivity contribution < 1.29 is 36.0 Å². The molecule has 14 heteroatoms. The minimum Gasteiger partial charge on any atom is -0.452 e. The van der Waals surface area contributed by atoms with Crippen LogP contribution in [0.3, 0.4) is 0 Å².